The molecule has 0 bridgehead atoms. The summed E-state index contributed by atoms with van der Waals surface area (Å²) in [4.78, 5) is 13.0. The molecule has 1 rings (SSSR count). The first-order chi connectivity index (χ1) is 5.98. The van der Waals surface area contributed by atoms with Crippen molar-refractivity contribution < 1.29 is 9.90 Å². The normalized spacial score (nSPS) is 17.8. The third-order valence-electron chi connectivity index (χ3n) is 2.87. The fourth-order valence-electron chi connectivity index (χ4n) is 1.50. The van der Waals surface area contributed by atoms with Gasteiger partial charge in [-0.25, -0.2) is 0 Å². The molecule has 3 heteroatoms. The molecule has 0 aliphatic heterocycles. The SMILES string of the molecule is CCN(CC1CC1)C(C)(C)C(=O)O. The second-order valence-corrected chi connectivity index (χ2v) is 4.35. The minimum atomic E-state index is -0.727. The van der Waals surface area contributed by atoms with Gasteiger partial charge in [0.1, 0.15) is 5.54 Å². The lowest BCUT2D eigenvalue weighted by Gasteiger charge is -2.34. The lowest BCUT2D eigenvalue weighted by Crippen LogP contribution is -2.50. The van der Waals surface area contributed by atoms with E-state index in [1.165, 1.54) is 12.8 Å². The summed E-state index contributed by atoms with van der Waals surface area (Å²) in [6.07, 6.45) is 2.54. The van der Waals surface area contributed by atoms with Crippen molar-refractivity contribution in [3.63, 3.8) is 0 Å². The Labute approximate surface area is 79.7 Å². The molecule has 1 N–H and O–H groups in total. The maximum Gasteiger partial charge on any atom is 0.323 e. The van der Waals surface area contributed by atoms with Crippen LogP contribution in [0.1, 0.15) is 33.6 Å². The Hall–Kier alpha value is -0.570. The van der Waals surface area contributed by atoms with Gasteiger partial charge >= 0.3 is 5.97 Å². The van der Waals surface area contributed by atoms with E-state index in [-0.39, 0.29) is 0 Å². The average Bonchev–Trinajstić information content (AvgIpc) is 2.82. The molecule has 0 aromatic heterocycles. The van der Waals surface area contributed by atoms with Crippen LogP contribution in [-0.2, 0) is 4.79 Å². The topological polar surface area (TPSA) is 40.5 Å². The molecule has 0 saturated heterocycles. The van der Waals surface area contributed by atoms with E-state index in [1.54, 1.807) is 13.8 Å². The van der Waals surface area contributed by atoms with Crippen molar-refractivity contribution >= 4 is 5.97 Å². The zero-order valence-corrected chi connectivity index (χ0v) is 8.71. The van der Waals surface area contributed by atoms with Crippen molar-refractivity contribution in [3.8, 4) is 0 Å². The first-order valence-corrected chi connectivity index (χ1v) is 4.97. The van der Waals surface area contributed by atoms with Crippen LogP contribution in [0.4, 0.5) is 0 Å². The summed E-state index contributed by atoms with van der Waals surface area (Å²) in [5, 5.41) is 9.03. The van der Waals surface area contributed by atoms with E-state index in [0.29, 0.717) is 0 Å². The van der Waals surface area contributed by atoms with Crippen LogP contribution in [0.3, 0.4) is 0 Å². The summed E-state index contributed by atoms with van der Waals surface area (Å²) in [7, 11) is 0. The van der Waals surface area contributed by atoms with Gasteiger partial charge in [0.2, 0.25) is 0 Å². The quantitative estimate of drug-likeness (QED) is 0.707. The molecule has 1 aliphatic carbocycles. The van der Waals surface area contributed by atoms with Crippen molar-refractivity contribution in [1.29, 1.82) is 0 Å². The van der Waals surface area contributed by atoms with Gasteiger partial charge in [0.25, 0.3) is 0 Å². The summed E-state index contributed by atoms with van der Waals surface area (Å²) in [6.45, 7) is 7.33. The predicted octanol–water partition coefficient (Wildman–Crippen LogP) is 1.58. The lowest BCUT2D eigenvalue weighted by molar-refractivity contribution is -0.149. The molecule has 0 spiro atoms. The Morgan fingerprint density at radius 1 is 1.54 bits per heavy atom. The summed E-state index contributed by atoms with van der Waals surface area (Å²) >= 11 is 0. The van der Waals surface area contributed by atoms with Crippen molar-refractivity contribution in [1.82, 2.24) is 4.90 Å². The van der Waals surface area contributed by atoms with Gasteiger partial charge in [-0.3, -0.25) is 9.69 Å². The van der Waals surface area contributed by atoms with E-state index in [0.717, 1.165) is 19.0 Å². The molecule has 3 nitrogen and oxygen atoms in total. The highest BCUT2D eigenvalue weighted by atomic mass is 16.4. The van der Waals surface area contributed by atoms with Crippen LogP contribution in [0.15, 0.2) is 0 Å². The van der Waals surface area contributed by atoms with Gasteiger partial charge in [-0.1, -0.05) is 6.92 Å². The van der Waals surface area contributed by atoms with Crippen LogP contribution in [0.25, 0.3) is 0 Å². The van der Waals surface area contributed by atoms with Gasteiger partial charge < -0.3 is 5.11 Å². The van der Waals surface area contributed by atoms with Gasteiger partial charge in [-0.15, -0.1) is 0 Å². The molecule has 1 aliphatic rings. The van der Waals surface area contributed by atoms with Gasteiger partial charge in [0.15, 0.2) is 0 Å². The number of nitrogens with zero attached hydrogens (tertiary/aromatic N) is 1. The second-order valence-electron chi connectivity index (χ2n) is 4.35. The van der Waals surface area contributed by atoms with Gasteiger partial charge in [0, 0.05) is 6.54 Å². The number of hydrogen-bond donors (Lipinski definition) is 1. The van der Waals surface area contributed by atoms with Crippen LogP contribution in [0.2, 0.25) is 0 Å². The van der Waals surface area contributed by atoms with Crippen molar-refractivity contribution in [2.75, 3.05) is 13.1 Å². The fraction of sp³-hybridized carbons (Fsp3) is 0.900. The average molecular weight is 185 g/mol. The number of likely N-dealkylation sites (N-methyl/N-ethyl adjacent to an activating group) is 1. The van der Waals surface area contributed by atoms with Crippen molar-refractivity contribution in [2.45, 2.75) is 39.2 Å². The Bertz CT molecular complexity index is 197. The molecule has 76 valence electrons. The zero-order valence-electron chi connectivity index (χ0n) is 8.71. The van der Waals surface area contributed by atoms with Crippen LogP contribution in [-0.4, -0.2) is 34.6 Å². The predicted molar refractivity (Wildman–Crippen MR) is 51.7 cm³/mol. The standard InChI is InChI=1S/C10H19NO2/c1-4-11(7-8-5-6-8)10(2,3)9(12)13/h8H,4-7H2,1-3H3,(H,12,13). The summed E-state index contributed by atoms with van der Waals surface area (Å²) in [5.74, 6) is 0.0218. The van der Waals surface area contributed by atoms with Crippen LogP contribution < -0.4 is 0 Å². The molecule has 1 fully saturated rings. The molecular weight excluding hydrogens is 166 g/mol. The van der Waals surface area contributed by atoms with Gasteiger partial charge in [-0.2, -0.15) is 0 Å². The zero-order chi connectivity index (χ0) is 10.1. The summed E-state index contributed by atoms with van der Waals surface area (Å²) in [6, 6.07) is 0. The molecule has 1 saturated carbocycles. The Morgan fingerprint density at radius 3 is 2.38 bits per heavy atom. The summed E-state index contributed by atoms with van der Waals surface area (Å²) < 4.78 is 0. The number of carboxylic acids is 1. The second kappa shape index (κ2) is 3.66. The van der Waals surface area contributed by atoms with Crippen LogP contribution >= 0.6 is 0 Å². The van der Waals surface area contributed by atoms with Gasteiger partial charge in [-0.05, 0) is 39.2 Å². The maximum absolute atomic E-state index is 11.0. The van der Waals surface area contributed by atoms with E-state index < -0.39 is 11.5 Å². The van der Waals surface area contributed by atoms with Crippen LogP contribution in [0, 0.1) is 5.92 Å². The fourth-order valence-corrected chi connectivity index (χ4v) is 1.50. The Balaban J connectivity index is 2.56. The smallest absolute Gasteiger partial charge is 0.323 e. The Kier molecular flexibility index (Phi) is 2.96. The first-order valence-electron chi connectivity index (χ1n) is 4.97. The molecule has 0 unspecified atom stereocenters. The number of hydrogen-bond acceptors (Lipinski definition) is 2. The monoisotopic (exact) mass is 185 g/mol. The molecular formula is C10H19NO2. The van der Waals surface area contributed by atoms with Crippen molar-refractivity contribution in [3.05, 3.63) is 0 Å². The molecule has 0 aromatic rings. The lowest BCUT2D eigenvalue weighted by atomic mass is 10.0. The maximum atomic E-state index is 11.0. The van der Waals surface area contributed by atoms with E-state index in [9.17, 15) is 4.79 Å². The van der Waals surface area contributed by atoms with E-state index in [1.807, 2.05) is 11.8 Å². The third-order valence-corrected chi connectivity index (χ3v) is 2.87. The molecule has 0 atom stereocenters. The highest BCUT2D eigenvalue weighted by Crippen LogP contribution is 2.31. The number of aliphatic carboxylic acids is 1. The highest BCUT2D eigenvalue weighted by molar-refractivity contribution is 5.77. The van der Waals surface area contributed by atoms with E-state index in [4.69, 9.17) is 5.11 Å². The molecule has 0 heterocycles. The highest BCUT2D eigenvalue weighted by Gasteiger charge is 2.36. The van der Waals surface area contributed by atoms with Gasteiger partial charge in [0.05, 0.1) is 0 Å². The van der Waals surface area contributed by atoms with E-state index in [2.05, 4.69) is 0 Å². The minimum absolute atomic E-state index is 0.711. The molecule has 0 radical (unpaired) electrons. The number of rotatable bonds is 5. The minimum Gasteiger partial charge on any atom is -0.480 e. The first kappa shape index (κ1) is 10.5. The third kappa shape index (κ3) is 2.44. The molecule has 0 aromatic carbocycles. The number of carbonyl (C=O) groups is 1. The molecule has 13 heavy (non-hydrogen) atoms. The van der Waals surface area contributed by atoms with E-state index >= 15 is 0 Å². The van der Waals surface area contributed by atoms with Crippen LogP contribution in [0.5, 0.6) is 0 Å². The molecule has 0 amide bonds. The largest absolute Gasteiger partial charge is 0.480 e. The Morgan fingerprint density at radius 2 is 2.08 bits per heavy atom. The summed E-state index contributed by atoms with van der Waals surface area (Å²) in [5.41, 5.74) is -0.711. The number of carboxylic acid groups (broad SMARTS) is 1. The van der Waals surface area contributed by atoms with Crippen molar-refractivity contribution in [2.24, 2.45) is 5.92 Å².